The van der Waals surface area contributed by atoms with E-state index in [1.165, 1.54) is 12.8 Å². The molecule has 5 rings (SSSR count). The number of likely N-dealkylation sites (N-methyl/N-ethyl adjacent to an activating group) is 1. The van der Waals surface area contributed by atoms with Crippen LogP contribution in [0.5, 0.6) is 0 Å². The summed E-state index contributed by atoms with van der Waals surface area (Å²) in [5.74, 6) is 0.581. The van der Waals surface area contributed by atoms with Gasteiger partial charge in [-0.15, -0.1) is 0 Å². The second kappa shape index (κ2) is 6.08. The SMILES string of the molecule is CN1CCN(C(=O)c2ccc3oc(-c4cccc(Cl)c4)nc3c2)CC12CC2. The number of oxazole rings is 1. The molecule has 3 aromatic rings. The Morgan fingerprint density at radius 2 is 2.04 bits per heavy atom. The molecule has 1 spiro atoms. The number of hydrogen-bond donors (Lipinski definition) is 0. The molecule has 1 aromatic heterocycles. The number of nitrogens with zero attached hydrogens (tertiary/aromatic N) is 3. The molecule has 2 heterocycles. The van der Waals surface area contributed by atoms with Crippen LogP contribution in [0.15, 0.2) is 46.9 Å². The van der Waals surface area contributed by atoms with Crippen LogP contribution in [-0.4, -0.2) is 52.9 Å². The molecule has 138 valence electrons. The van der Waals surface area contributed by atoms with E-state index in [1.54, 1.807) is 0 Å². The van der Waals surface area contributed by atoms with Crippen LogP contribution in [0.4, 0.5) is 0 Å². The number of carbonyl (C=O) groups is 1. The van der Waals surface area contributed by atoms with E-state index >= 15 is 0 Å². The highest BCUT2D eigenvalue weighted by molar-refractivity contribution is 6.30. The highest BCUT2D eigenvalue weighted by Gasteiger charge is 2.50. The number of hydrogen-bond acceptors (Lipinski definition) is 4. The highest BCUT2D eigenvalue weighted by atomic mass is 35.5. The lowest BCUT2D eigenvalue weighted by Crippen LogP contribution is -2.54. The number of fused-ring (bicyclic) bond motifs is 1. The molecule has 0 N–H and O–H groups in total. The van der Waals surface area contributed by atoms with Crippen LogP contribution in [0, 0.1) is 0 Å². The summed E-state index contributed by atoms with van der Waals surface area (Å²) in [7, 11) is 2.16. The van der Waals surface area contributed by atoms with E-state index in [4.69, 9.17) is 16.0 Å². The summed E-state index contributed by atoms with van der Waals surface area (Å²) in [6.45, 7) is 2.51. The van der Waals surface area contributed by atoms with E-state index in [2.05, 4.69) is 16.9 Å². The van der Waals surface area contributed by atoms with E-state index < -0.39 is 0 Å². The lowest BCUT2D eigenvalue weighted by molar-refractivity contribution is 0.0497. The van der Waals surface area contributed by atoms with Crippen molar-refractivity contribution >= 4 is 28.6 Å². The Labute approximate surface area is 162 Å². The zero-order valence-corrected chi connectivity index (χ0v) is 15.9. The molecule has 1 aliphatic carbocycles. The minimum absolute atomic E-state index is 0.0728. The van der Waals surface area contributed by atoms with E-state index in [-0.39, 0.29) is 11.4 Å². The lowest BCUT2D eigenvalue weighted by atomic mass is 10.1. The quantitative estimate of drug-likeness (QED) is 0.671. The molecule has 2 aromatic carbocycles. The average molecular weight is 382 g/mol. The van der Waals surface area contributed by atoms with Gasteiger partial charge in [-0.2, -0.15) is 0 Å². The molecule has 2 aliphatic rings. The van der Waals surface area contributed by atoms with Crippen molar-refractivity contribution in [1.82, 2.24) is 14.8 Å². The van der Waals surface area contributed by atoms with Crippen LogP contribution in [-0.2, 0) is 0 Å². The van der Waals surface area contributed by atoms with Crippen molar-refractivity contribution in [3.63, 3.8) is 0 Å². The van der Waals surface area contributed by atoms with Gasteiger partial charge in [0.15, 0.2) is 5.58 Å². The molecule has 0 unspecified atom stereocenters. The zero-order chi connectivity index (χ0) is 18.6. The van der Waals surface area contributed by atoms with Crippen LogP contribution >= 0.6 is 11.6 Å². The van der Waals surface area contributed by atoms with Crippen LogP contribution in [0.3, 0.4) is 0 Å². The summed E-state index contributed by atoms with van der Waals surface area (Å²) in [5.41, 5.74) is 3.05. The van der Waals surface area contributed by atoms with E-state index in [1.807, 2.05) is 47.4 Å². The fourth-order valence-electron chi connectivity index (χ4n) is 3.91. The van der Waals surface area contributed by atoms with Crippen molar-refractivity contribution in [2.75, 3.05) is 26.7 Å². The van der Waals surface area contributed by atoms with E-state index in [9.17, 15) is 4.79 Å². The Morgan fingerprint density at radius 3 is 2.81 bits per heavy atom. The Hall–Kier alpha value is -2.37. The molecule has 1 aliphatic heterocycles. The van der Waals surface area contributed by atoms with Crippen molar-refractivity contribution in [1.29, 1.82) is 0 Å². The van der Waals surface area contributed by atoms with Gasteiger partial charge in [-0.25, -0.2) is 4.98 Å². The molecular formula is C21H20ClN3O2. The zero-order valence-electron chi connectivity index (χ0n) is 15.1. The van der Waals surface area contributed by atoms with Crippen LogP contribution in [0.1, 0.15) is 23.2 Å². The predicted molar refractivity (Wildman–Crippen MR) is 105 cm³/mol. The topological polar surface area (TPSA) is 49.6 Å². The maximum absolute atomic E-state index is 13.0. The molecule has 2 fully saturated rings. The van der Waals surface area contributed by atoms with Crippen molar-refractivity contribution in [3.8, 4) is 11.5 Å². The smallest absolute Gasteiger partial charge is 0.254 e. The number of carbonyl (C=O) groups excluding carboxylic acids is 1. The van der Waals surface area contributed by atoms with E-state index in [0.29, 0.717) is 27.6 Å². The van der Waals surface area contributed by atoms with Gasteiger partial charge in [0.25, 0.3) is 5.91 Å². The average Bonchev–Trinajstić information content (AvgIpc) is 3.31. The van der Waals surface area contributed by atoms with Gasteiger partial charge in [-0.1, -0.05) is 17.7 Å². The summed E-state index contributed by atoms with van der Waals surface area (Å²) < 4.78 is 5.85. The summed E-state index contributed by atoms with van der Waals surface area (Å²) in [6, 6.07) is 12.9. The standard InChI is InChI=1S/C21H20ClN3O2/c1-24-9-10-25(13-21(24)7-8-21)20(26)15-5-6-18-17(12-15)23-19(27-18)14-3-2-4-16(22)11-14/h2-6,11-12H,7-10,13H2,1H3. The summed E-state index contributed by atoms with van der Waals surface area (Å²) in [5, 5.41) is 0.634. The second-order valence-corrected chi connectivity index (χ2v) is 8.02. The minimum Gasteiger partial charge on any atom is -0.436 e. The molecule has 0 atom stereocenters. The third-order valence-electron chi connectivity index (χ3n) is 5.82. The third-order valence-corrected chi connectivity index (χ3v) is 6.06. The van der Waals surface area contributed by atoms with Gasteiger partial charge in [0.05, 0.1) is 0 Å². The van der Waals surface area contributed by atoms with Crippen LogP contribution < -0.4 is 0 Å². The number of rotatable bonds is 2. The second-order valence-electron chi connectivity index (χ2n) is 7.58. The van der Waals surface area contributed by atoms with Gasteiger partial charge in [0.2, 0.25) is 5.89 Å². The largest absolute Gasteiger partial charge is 0.436 e. The number of amides is 1. The lowest BCUT2D eigenvalue weighted by Gasteiger charge is -2.40. The minimum atomic E-state index is 0.0728. The molecule has 5 nitrogen and oxygen atoms in total. The monoisotopic (exact) mass is 381 g/mol. The molecule has 0 bridgehead atoms. The summed E-state index contributed by atoms with van der Waals surface area (Å²) >= 11 is 6.06. The van der Waals surface area contributed by atoms with Gasteiger partial charge in [-0.05, 0) is 56.3 Å². The Morgan fingerprint density at radius 1 is 1.19 bits per heavy atom. The maximum atomic E-state index is 13.0. The molecule has 1 amide bonds. The highest BCUT2D eigenvalue weighted by Crippen LogP contribution is 2.43. The molecule has 27 heavy (non-hydrogen) atoms. The number of piperazine rings is 1. The number of halogens is 1. The molecule has 1 saturated heterocycles. The van der Waals surface area contributed by atoms with Gasteiger partial charge in [0.1, 0.15) is 5.52 Å². The third kappa shape index (κ3) is 2.91. The predicted octanol–water partition coefficient (Wildman–Crippen LogP) is 4.07. The summed E-state index contributed by atoms with van der Waals surface area (Å²) in [4.78, 5) is 22.0. The van der Waals surface area contributed by atoms with Crippen molar-refractivity contribution < 1.29 is 9.21 Å². The van der Waals surface area contributed by atoms with Crippen LogP contribution in [0.25, 0.3) is 22.6 Å². The van der Waals surface area contributed by atoms with Gasteiger partial charge < -0.3 is 9.32 Å². The fourth-order valence-corrected chi connectivity index (χ4v) is 4.10. The van der Waals surface area contributed by atoms with Crippen molar-refractivity contribution in [2.45, 2.75) is 18.4 Å². The fraction of sp³-hybridized carbons (Fsp3) is 0.333. The van der Waals surface area contributed by atoms with Gasteiger partial charge in [0, 0.05) is 41.3 Å². The normalized spacial score (nSPS) is 19.0. The number of benzene rings is 2. The first-order chi connectivity index (χ1) is 13.0. The first kappa shape index (κ1) is 16.8. The molecule has 6 heteroatoms. The Kier molecular flexibility index (Phi) is 3.78. The molecule has 1 saturated carbocycles. The van der Waals surface area contributed by atoms with Gasteiger partial charge in [-0.3, -0.25) is 9.69 Å². The first-order valence-corrected chi connectivity index (χ1v) is 9.59. The Balaban J connectivity index is 1.43. The molecular weight excluding hydrogens is 362 g/mol. The number of aromatic nitrogens is 1. The first-order valence-electron chi connectivity index (χ1n) is 9.21. The van der Waals surface area contributed by atoms with Crippen molar-refractivity contribution in [2.24, 2.45) is 0 Å². The van der Waals surface area contributed by atoms with Crippen molar-refractivity contribution in [3.05, 3.63) is 53.1 Å². The van der Waals surface area contributed by atoms with Crippen LogP contribution in [0.2, 0.25) is 5.02 Å². The van der Waals surface area contributed by atoms with E-state index in [0.717, 1.165) is 25.2 Å². The Bertz CT molecular complexity index is 1040. The molecule has 0 radical (unpaired) electrons. The maximum Gasteiger partial charge on any atom is 0.254 e. The summed E-state index contributed by atoms with van der Waals surface area (Å²) in [6.07, 6.45) is 2.36. The van der Waals surface area contributed by atoms with Gasteiger partial charge >= 0.3 is 0 Å².